The van der Waals surface area contributed by atoms with Gasteiger partial charge in [-0.2, -0.15) is 0 Å². The van der Waals surface area contributed by atoms with Crippen LogP contribution in [0.1, 0.15) is 5.56 Å². The first kappa shape index (κ1) is 13.4. The molecule has 1 nitrogen and oxygen atoms in total. The summed E-state index contributed by atoms with van der Waals surface area (Å²) >= 11 is 0. The van der Waals surface area contributed by atoms with Crippen molar-refractivity contribution < 1.29 is 5.11 Å². The molecule has 0 saturated heterocycles. The average molecular weight is 238 g/mol. The first-order chi connectivity index (χ1) is 9.33. The molecule has 19 heavy (non-hydrogen) atoms. The predicted molar refractivity (Wildman–Crippen MR) is 74.9 cm³/mol. The van der Waals surface area contributed by atoms with E-state index >= 15 is 0 Å². The number of rotatable bonds is 0. The zero-order valence-corrected chi connectivity index (χ0v) is 9.83. The summed E-state index contributed by atoms with van der Waals surface area (Å²) in [5.74, 6) is 27.6. The summed E-state index contributed by atoms with van der Waals surface area (Å²) in [5.41, 5.74) is 0.768. The lowest BCUT2D eigenvalue weighted by Gasteiger charge is -1.89. The second kappa shape index (κ2) is 8.52. The largest absolute Gasteiger partial charge is 0.508 e. The smallest absolute Gasteiger partial charge is 0.115 e. The molecule has 0 unspecified atom stereocenters. The molecule has 0 aliphatic heterocycles. The van der Waals surface area contributed by atoms with E-state index in [2.05, 4.69) is 65.1 Å². The molecule has 1 aromatic rings. The number of aromatic hydroxyl groups is 1. The molecule has 1 rings (SSSR count). The first-order valence-electron chi connectivity index (χ1n) is 5.08. The van der Waals surface area contributed by atoms with Gasteiger partial charge in [-0.15, -0.1) is 6.42 Å². The third kappa shape index (κ3) is 6.52. The molecule has 0 amide bonds. The molecule has 1 heteroatoms. The van der Waals surface area contributed by atoms with Crippen LogP contribution in [0.4, 0.5) is 0 Å². The van der Waals surface area contributed by atoms with Gasteiger partial charge in [-0.25, -0.2) is 0 Å². The van der Waals surface area contributed by atoms with Crippen LogP contribution in [0.2, 0.25) is 0 Å². The van der Waals surface area contributed by atoms with Crippen molar-refractivity contribution >= 4 is 0 Å². The Morgan fingerprint density at radius 2 is 1.16 bits per heavy atom. The highest BCUT2D eigenvalue weighted by Crippen LogP contribution is 2.07. The van der Waals surface area contributed by atoms with Gasteiger partial charge in [-0.3, -0.25) is 0 Å². The van der Waals surface area contributed by atoms with Crippen LogP contribution in [-0.4, -0.2) is 5.11 Å². The maximum absolute atomic E-state index is 9.08. The van der Waals surface area contributed by atoms with Crippen LogP contribution in [0.5, 0.6) is 5.75 Å². The monoisotopic (exact) mass is 238 g/mol. The van der Waals surface area contributed by atoms with Gasteiger partial charge in [0.25, 0.3) is 0 Å². The van der Waals surface area contributed by atoms with Crippen LogP contribution in [-0.2, 0) is 0 Å². The van der Waals surface area contributed by atoms with Gasteiger partial charge in [0.05, 0.1) is 0 Å². The molecular weight excluding hydrogens is 232 g/mol. The van der Waals surface area contributed by atoms with Crippen molar-refractivity contribution in [3.05, 3.63) is 29.8 Å². The van der Waals surface area contributed by atoms with Crippen molar-refractivity contribution in [2.75, 3.05) is 0 Å². The van der Waals surface area contributed by atoms with Gasteiger partial charge in [-0.05, 0) is 83.5 Å². The lowest BCUT2D eigenvalue weighted by Crippen LogP contribution is -1.71. The zero-order valence-electron chi connectivity index (χ0n) is 9.83. The summed E-state index contributed by atoms with van der Waals surface area (Å²) in [6, 6.07) is 6.52. The molecule has 0 radical (unpaired) electrons. The minimum Gasteiger partial charge on any atom is -0.508 e. The predicted octanol–water partition coefficient (Wildman–Crippen LogP) is 1.39. The Hall–Kier alpha value is -3.62. The Morgan fingerprint density at radius 3 is 1.68 bits per heavy atom. The van der Waals surface area contributed by atoms with E-state index in [0.29, 0.717) is 0 Å². The second-order valence-electron chi connectivity index (χ2n) is 2.94. The molecule has 0 aliphatic carbocycles. The summed E-state index contributed by atoms with van der Waals surface area (Å²) in [5, 5.41) is 9.08. The van der Waals surface area contributed by atoms with E-state index < -0.39 is 0 Å². The Balaban J connectivity index is 2.57. The fourth-order valence-corrected chi connectivity index (χ4v) is 0.903. The summed E-state index contributed by atoms with van der Waals surface area (Å²) in [6.45, 7) is 0. The van der Waals surface area contributed by atoms with E-state index in [4.69, 9.17) is 11.5 Å². The van der Waals surface area contributed by atoms with Crippen molar-refractivity contribution in [1.29, 1.82) is 0 Å². The van der Waals surface area contributed by atoms with Gasteiger partial charge in [0, 0.05) is 5.56 Å². The molecule has 84 valence electrons. The van der Waals surface area contributed by atoms with Crippen LogP contribution in [0, 0.1) is 71.5 Å². The number of terminal acetylenes is 1. The number of benzene rings is 1. The highest BCUT2D eigenvalue weighted by atomic mass is 16.3. The molecule has 0 saturated carbocycles. The summed E-state index contributed by atoms with van der Waals surface area (Å²) in [6.07, 6.45) is 4.90. The summed E-state index contributed by atoms with van der Waals surface area (Å²) in [4.78, 5) is 0. The molecule has 0 aromatic heterocycles. The lowest BCUT2D eigenvalue weighted by atomic mass is 10.2. The maximum Gasteiger partial charge on any atom is 0.115 e. The third-order valence-electron chi connectivity index (χ3n) is 1.65. The Labute approximate surface area is 113 Å². The van der Waals surface area contributed by atoms with Crippen molar-refractivity contribution in [2.24, 2.45) is 0 Å². The zero-order chi connectivity index (χ0) is 13.8. The van der Waals surface area contributed by atoms with E-state index in [1.165, 1.54) is 0 Å². The molecule has 1 aromatic carbocycles. The SMILES string of the molecule is C#CC#CC#CC#CC#CC#Cc1ccc(O)cc1. The highest BCUT2D eigenvalue weighted by Gasteiger charge is 1.85. The van der Waals surface area contributed by atoms with Gasteiger partial charge in [0.15, 0.2) is 0 Å². The van der Waals surface area contributed by atoms with E-state index in [-0.39, 0.29) is 5.75 Å². The Bertz CT molecular complexity index is 791. The summed E-state index contributed by atoms with van der Waals surface area (Å²) < 4.78 is 0. The van der Waals surface area contributed by atoms with Gasteiger partial charge >= 0.3 is 0 Å². The first-order valence-corrected chi connectivity index (χ1v) is 5.08. The topological polar surface area (TPSA) is 20.2 Å². The van der Waals surface area contributed by atoms with Gasteiger partial charge in [-0.1, -0.05) is 5.92 Å². The third-order valence-corrected chi connectivity index (χ3v) is 1.65. The number of hydrogen-bond acceptors (Lipinski definition) is 1. The molecule has 0 spiro atoms. The van der Waals surface area contributed by atoms with Crippen LogP contribution in [0.3, 0.4) is 0 Å². The van der Waals surface area contributed by atoms with Gasteiger partial charge in [0.1, 0.15) is 5.75 Å². The highest BCUT2D eigenvalue weighted by molar-refractivity contribution is 5.46. The number of phenolic OH excluding ortho intramolecular Hbond substituents is 1. The lowest BCUT2D eigenvalue weighted by molar-refractivity contribution is 0.475. The number of hydrogen-bond donors (Lipinski definition) is 1. The van der Waals surface area contributed by atoms with Gasteiger partial charge in [0.2, 0.25) is 0 Å². The molecule has 0 aliphatic rings. The minimum atomic E-state index is 0.203. The Kier molecular flexibility index (Phi) is 6.03. The molecule has 0 atom stereocenters. The average Bonchev–Trinajstić information content (AvgIpc) is 2.43. The van der Waals surface area contributed by atoms with Crippen molar-refractivity contribution in [2.45, 2.75) is 0 Å². The van der Waals surface area contributed by atoms with Crippen molar-refractivity contribution in [1.82, 2.24) is 0 Å². The molecule has 1 N–H and O–H groups in total. The summed E-state index contributed by atoms with van der Waals surface area (Å²) in [7, 11) is 0. The van der Waals surface area contributed by atoms with Crippen LogP contribution >= 0.6 is 0 Å². The van der Waals surface area contributed by atoms with E-state index in [9.17, 15) is 0 Å². The van der Waals surface area contributed by atoms with Crippen LogP contribution in [0.25, 0.3) is 0 Å². The fraction of sp³-hybridized carbons (Fsp3) is 0. The van der Waals surface area contributed by atoms with Crippen LogP contribution < -0.4 is 0 Å². The normalized spacial score (nSPS) is 6.05. The molecule has 0 fully saturated rings. The maximum atomic E-state index is 9.08. The van der Waals surface area contributed by atoms with Crippen molar-refractivity contribution in [3.63, 3.8) is 0 Å². The molecule has 0 bridgehead atoms. The second-order valence-corrected chi connectivity index (χ2v) is 2.94. The quantitative estimate of drug-likeness (QED) is 0.677. The van der Waals surface area contributed by atoms with E-state index in [1.807, 2.05) is 0 Å². The standard InChI is InChI=1S/C18H6O/c1-2-3-4-5-6-7-8-9-10-11-12-17-13-15-18(19)16-14-17/h1,13-16,19H. The van der Waals surface area contributed by atoms with Crippen molar-refractivity contribution in [3.8, 4) is 77.3 Å². The van der Waals surface area contributed by atoms with Crippen LogP contribution in [0.15, 0.2) is 24.3 Å². The number of phenols is 1. The molecular formula is C18H6O. The fourth-order valence-electron chi connectivity index (χ4n) is 0.903. The molecule has 0 heterocycles. The Morgan fingerprint density at radius 1 is 0.684 bits per heavy atom. The van der Waals surface area contributed by atoms with E-state index in [0.717, 1.165) is 5.56 Å². The van der Waals surface area contributed by atoms with Gasteiger partial charge < -0.3 is 5.11 Å². The minimum absolute atomic E-state index is 0.203. The van der Waals surface area contributed by atoms with E-state index in [1.54, 1.807) is 24.3 Å².